The van der Waals surface area contributed by atoms with Crippen LogP contribution in [0.1, 0.15) is 51.0 Å². The Labute approximate surface area is 110 Å². The summed E-state index contributed by atoms with van der Waals surface area (Å²) in [5, 5.41) is 3.54. The predicted molar refractivity (Wildman–Crippen MR) is 74.9 cm³/mol. The highest BCUT2D eigenvalue weighted by molar-refractivity contribution is 5.48. The van der Waals surface area contributed by atoms with E-state index in [1.54, 1.807) is 0 Å². The van der Waals surface area contributed by atoms with E-state index in [1.807, 2.05) is 6.20 Å². The fraction of sp³-hybridized carbons (Fsp3) is 0.714. The first-order valence-corrected chi connectivity index (χ1v) is 6.92. The summed E-state index contributed by atoms with van der Waals surface area (Å²) in [6.45, 7) is 8.25. The van der Waals surface area contributed by atoms with Gasteiger partial charge in [-0.2, -0.15) is 0 Å². The van der Waals surface area contributed by atoms with Gasteiger partial charge in [0.2, 0.25) is 0 Å². The Balaban J connectivity index is 2.20. The van der Waals surface area contributed by atoms with Crippen molar-refractivity contribution in [3.8, 4) is 0 Å². The Hall–Kier alpha value is -1.16. The Morgan fingerprint density at radius 2 is 2.17 bits per heavy atom. The van der Waals surface area contributed by atoms with E-state index in [0.717, 1.165) is 30.3 Å². The summed E-state index contributed by atoms with van der Waals surface area (Å²) < 4.78 is 0. The van der Waals surface area contributed by atoms with Crippen molar-refractivity contribution in [3.05, 3.63) is 17.7 Å². The second kappa shape index (κ2) is 5.65. The molecule has 0 radical (unpaired) electrons. The van der Waals surface area contributed by atoms with Gasteiger partial charge in [-0.1, -0.05) is 13.8 Å². The molecule has 1 N–H and O–H groups in total. The second-order valence-corrected chi connectivity index (χ2v) is 5.38. The van der Waals surface area contributed by atoms with E-state index >= 15 is 0 Å². The lowest BCUT2D eigenvalue weighted by molar-refractivity contribution is 0.657. The minimum atomic E-state index is 0.380. The molecule has 0 spiro atoms. The van der Waals surface area contributed by atoms with Crippen LogP contribution in [0.2, 0.25) is 0 Å². The Morgan fingerprint density at radius 1 is 1.44 bits per heavy atom. The Morgan fingerprint density at radius 3 is 2.72 bits per heavy atom. The van der Waals surface area contributed by atoms with E-state index in [-0.39, 0.29) is 0 Å². The fourth-order valence-electron chi connectivity index (χ4n) is 1.85. The molecule has 0 aliphatic heterocycles. The van der Waals surface area contributed by atoms with Crippen LogP contribution in [0.25, 0.3) is 0 Å². The third-order valence-electron chi connectivity index (χ3n) is 3.40. The van der Waals surface area contributed by atoms with Crippen LogP contribution in [0.15, 0.2) is 6.20 Å². The molecule has 0 bridgehead atoms. The van der Waals surface area contributed by atoms with Crippen LogP contribution in [0.4, 0.5) is 5.69 Å². The number of nitrogens with one attached hydrogen (secondary N) is 1. The number of aromatic nitrogens is 2. The minimum Gasteiger partial charge on any atom is -0.372 e. The van der Waals surface area contributed by atoms with Gasteiger partial charge in [-0.15, -0.1) is 0 Å². The highest BCUT2D eigenvalue weighted by atomic mass is 15.1. The van der Waals surface area contributed by atoms with Crippen LogP contribution in [0, 0.1) is 0 Å². The Kier molecular flexibility index (Phi) is 4.17. The molecule has 4 nitrogen and oxygen atoms in total. The fourth-order valence-corrected chi connectivity index (χ4v) is 1.85. The summed E-state index contributed by atoms with van der Waals surface area (Å²) in [5.41, 5.74) is 2.28. The van der Waals surface area contributed by atoms with Gasteiger partial charge in [0.1, 0.15) is 5.82 Å². The van der Waals surface area contributed by atoms with Gasteiger partial charge in [-0.05, 0) is 19.8 Å². The number of nitrogens with zero attached hydrogens (tertiary/aromatic N) is 3. The van der Waals surface area contributed by atoms with Crippen molar-refractivity contribution in [3.63, 3.8) is 0 Å². The zero-order valence-electron chi connectivity index (χ0n) is 11.9. The number of anilines is 1. The molecule has 0 amide bonds. The molecule has 100 valence electrons. The van der Waals surface area contributed by atoms with Gasteiger partial charge in [-0.3, -0.25) is 0 Å². The van der Waals surface area contributed by atoms with E-state index in [0.29, 0.717) is 12.0 Å². The number of hydrogen-bond donors (Lipinski definition) is 1. The van der Waals surface area contributed by atoms with Crippen molar-refractivity contribution in [1.29, 1.82) is 0 Å². The number of rotatable bonds is 6. The van der Waals surface area contributed by atoms with Crippen LogP contribution in [-0.2, 0) is 6.54 Å². The van der Waals surface area contributed by atoms with Crippen molar-refractivity contribution in [2.45, 2.75) is 52.1 Å². The summed E-state index contributed by atoms with van der Waals surface area (Å²) in [4.78, 5) is 11.4. The molecule has 18 heavy (non-hydrogen) atoms. The third-order valence-corrected chi connectivity index (χ3v) is 3.40. The van der Waals surface area contributed by atoms with Gasteiger partial charge in [0.25, 0.3) is 0 Å². The first-order chi connectivity index (χ1) is 8.61. The molecule has 1 aliphatic rings. The quantitative estimate of drug-likeness (QED) is 0.838. The summed E-state index contributed by atoms with van der Waals surface area (Å²) in [5.74, 6) is 1.32. The average molecular weight is 248 g/mol. The standard InChI is InChI=1S/C14H24N4/c1-5-18(4)13-9-16-14(10(2)3)17-12(13)8-15-11-6-7-11/h9-11,15H,5-8H2,1-4H3. The van der Waals surface area contributed by atoms with Crippen molar-refractivity contribution >= 4 is 5.69 Å². The molecule has 2 rings (SSSR count). The van der Waals surface area contributed by atoms with Crippen LogP contribution < -0.4 is 10.2 Å². The average Bonchev–Trinajstić information content (AvgIpc) is 3.19. The molecule has 0 saturated heterocycles. The lowest BCUT2D eigenvalue weighted by atomic mass is 10.2. The van der Waals surface area contributed by atoms with E-state index in [4.69, 9.17) is 4.98 Å². The zero-order chi connectivity index (χ0) is 13.1. The van der Waals surface area contributed by atoms with Crippen LogP contribution in [0.3, 0.4) is 0 Å². The van der Waals surface area contributed by atoms with E-state index in [9.17, 15) is 0 Å². The number of hydrogen-bond acceptors (Lipinski definition) is 4. The Bertz CT molecular complexity index is 399. The maximum absolute atomic E-state index is 4.73. The van der Waals surface area contributed by atoms with Crippen molar-refractivity contribution in [2.24, 2.45) is 0 Å². The van der Waals surface area contributed by atoms with E-state index < -0.39 is 0 Å². The summed E-state index contributed by atoms with van der Waals surface area (Å²) in [6.07, 6.45) is 4.58. The predicted octanol–water partition coefficient (Wildman–Crippen LogP) is 2.31. The molecule has 1 heterocycles. The molecular formula is C14H24N4. The first-order valence-electron chi connectivity index (χ1n) is 6.92. The molecule has 1 aromatic heterocycles. The van der Waals surface area contributed by atoms with Crippen LogP contribution in [0.5, 0.6) is 0 Å². The van der Waals surface area contributed by atoms with Gasteiger partial charge in [-0.25, -0.2) is 9.97 Å². The SMILES string of the molecule is CCN(C)c1cnc(C(C)C)nc1CNC1CC1. The molecule has 1 aliphatic carbocycles. The highest BCUT2D eigenvalue weighted by Gasteiger charge is 2.21. The van der Waals surface area contributed by atoms with Crippen LogP contribution >= 0.6 is 0 Å². The molecule has 0 aromatic carbocycles. The van der Waals surface area contributed by atoms with Gasteiger partial charge in [0.05, 0.1) is 17.6 Å². The van der Waals surface area contributed by atoms with Gasteiger partial charge in [0.15, 0.2) is 0 Å². The van der Waals surface area contributed by atoms with Crippen molar-refractivity contribution in [1.82, 2.24) is 15.3 Å². The molecule has 1 aromatic rings. The second-order valence-electron chi connectivity index (χ2n) is 5.38. The lowest BCUT2D eigenvalue weighted by Crippen LogP contribution is -2.23. The smallest absolute Gasteiger partial charge is 0.131 e. The maximum atomic E-state index is 4.73. The third kappa shape index (κ3) is 3.19. The van der Waals surface area contributed by atoms with Crippen LogP contribution in [-0.4, -0.2) is 29.6 Å². The molecular weight excluding hydrogens is 224 g/mol. The minimum absolute atomic E-state index is 0.380. The highest BCUT2D eigenvalue weighted by Crippen LogP contribution is 2.22. The molecule has 1 saturated carbocycles. The van der Waals surface area contributed by atoms with Crippen molar-refractivity contribution in [2.75, 3.05) is 18.5 Å². The topological polar surface area (TPSA) is 41.1 Å². The molecule has 0 atom stereocenters. The summed E-state index contributed by atoms with van der Waals surface area (Å²) in [6, 6.07) is 0.710. The maximum Gasteiger partial charge on any atom is 0.131 e. The van der Waals surface area contributed by atoms with E-state index in [2.05, 4.69) is 43.0 Å². The van der Waals surface area contributed by atoms with E-state index in [1.165, 1.54) is 12.8 Å². The summed E-state index contributed by atoms with van der Waals surface area (Å²) >= 11 is 0. The first kappa shape index (κ1) is 13.3. The molecule has 1 fully saturated rings. The summed E-state index contributed by atoms with van der Waals surface area (Å²) in [7, 11) is 2.09. The van der Waals surface area contributed by atoms with Crippen molar-refractivity contribution < 1.29 is 0 Å². The monoisotopic (exact) mass is 248 g/mol. The zero-order valence-corrected chi connectivity index (χ0v) is 11.9. The van der Waals surface area contributed by atoms with Gasteiger partial charge < -0.3 is 10.2 Å². The lowest BCUT2D eigenvalue weighted by Gasteiger charge is -2.20. The van der Waals surface area contributed by atoms with Gasteiger partial charge in [0, 0.05) is 32.1 Å². The molecule has 0 unspecified atom stereocenters. The van der Waals surface area contributed by atoms with Gasteiger partial charge >= 0.3 is 0 Å². The largest absolute Gasteiger partial charge is 0.372 e. The molecule has 4 heteroatoms. The normalized spacial score (nSPS) is 15.2.